The van der Waals surface area contributed by atoms with Crippen LogP contribution in [0, 0.1) is 0 Å². The third-order valence-corrected chi connectivity index (χ3v) is 6.38. The topological polar surface area (TPSA) is 38.9 Å². The Bertz CT molecular complexity index is 1600. The third-order valence-electron chi connectivity index (χ3n) is 6.38. The predicted octanol–water partition coefficient (Wildman–Crippen LogP) is 8.78. The molecule has 192 valence electrons. The van der Waals surface area contributed by atoms with Crippen molar-refractivity contribution >= 4 is 16.6 Å². The Hall–Kier alpha value is -4.33. The molecule has 0 aliphatic rings. The van der Waals surface area contributed by atoms with Crippen molar-refractivity contribution in [3.63, 3.8) is 0 Å². The SMILES string of the molecule is Nc1ccccc1-c1nc2ccccc2c(Cc2ccc(C(F)(F)F)cc2)c1-c1ccc(C(F)(F)F)cc1. The minimum absolute atomic E-state index is 0.220. The summed E-state index contributed by atoms with van der Waals surface area (Å²) in [6.45, 7) is 0. The Balaban J connectivity index is 1.78. The first kappa shape index (κ1) is 25.3. The van der Waals surface area contributed by atoms with Crippen molar-refractivity contribution in [3.05, 3.63) is 119 Å². The number of benzene rings is 4. The van der Waals surface area contributed by atoms with Crippen molar-refractivity contribution in [3.8, 4) is 22.4 Å². The highest BCUT2D eigenvalue weighted by atomic mass is 19.4. The molecule has 2 nitrogen and oxygen atoms in total. The molecule has 4 aromatic carbocycles. The van der Waals surface area contributed by atoms with E-state index < -0.39 is 23.5 Å². The minimum Gasteiger partial charge on any atom is -0.398 e. The molecule has 0 bridgehead atoms. The van der Waals surface area contributed by atoms with E-state index in [1.165, 1.54) is 24.3 Å². The number of halogens is 6. The molecule has 0 radical (unpaired) electrons. The number of rotatable bonds is 4. The smallest absolute Gasteiger partial charge is 0.398 e. The van der Waals surface area contributed by atoms with Crippen LogP contribution in [0.25, 0.3) is 33.3 Å². The molecule has 5 aromatic rings. The zero-order valence-electron chi connectivity index (χ0n) is 19.7. The average molecular weight is 522 g/mol. The van der Waals surface area contributed by atoms with Gasteiger partial charge in [-0.05, 0) is 59.5 Å². The van der Waals surface area contributed by atoms with Crippen molar-refractivity contribution < 1.29 is 26.3 Å². The van der Waals surface area contributed by atoms with Crippen molar-refractivity contribution in [1.29, 1.82) is 0 Å². The van der Waals surface area contributed by atoms with Gasteiger partial charge in [-0.15, -0.1) is 0 Å². The molecule has 0 amide bonds. The molecule has 2 N–H and O–H groups in total. The van der Waals surface area contributed by atoms with E-state index in [4.69, 9.17) is 10.7 Å². The van der Waals surface area contributed by atoms with Gasteiger partial charge in [-0.25, -0.2) is 4.98 Å². The molecule has 0 atom stereocenters. The summed E-state index contributed by atoms with van der Waals surface area (Å²) in [6.07, 6.45) is -8.75. The van der Waals surface area contributed by atoms with Crippen LogP contribution in [0.3, 0.4) is 0 Å². The van der Waals surface area contributed by atoms with Crippen LogP contribution >= 0.6 is 0 Å². The highest BCUT2D eigenvalue weighted by molar-refractivity contribution is 5.97. The van der Waals surface area contributed by atoms with Gasteiger partial charge in [0.25, 0.3) is 0 Å². The molecule has 0 aliphatic carbocycles. The quantitative estimate of drug-likeness (QED) is 0.189. The number of nitrogens with zero attached hydrogens (tertiary/aromatic N) is 1. The number of aromatic nitrogens is 1. The second-order valence-electron chi connectivity index (χ2n) is 8.86. The van der Waals surface area contributed by atoms with Crippen LogP contribution in [0.4, 0.5) is 32.0 Å². The normalized spacial score (nSPS) is 12.2. The lowest BCUT2D eigenvalue weighted by atomic mass is 9.88. The van der Waals surface area contributed by atoms with Crippen LogP contribution in [-0.4, -0.2) is 4.98 Å². The van der Waals surface area contributed by atoms with Crippen LogP contribution in [-0.2, 0) is 18.8 Å². The fraction of sp³-hybridized carbons (Fsp3) is 0.100. The number of fused-ring (bicyclic) bond motifs is 1. The van der Waals surface area contributed by atoms with Gasteiger partial charge in [0.2, 0.25) is 0 Å². The van der Waals surface area contributed by atoms with Gasteiger partial charge in [-0.3, -0.25) is 0 Å². The lowest BCUT2D eigenvalue weighted by molar-refractivity contribution is -0.138. The first-order valence-corrected chi connectivity index (χ1v) is 11.6. The number of nitrogen functional groups attached to an aromatic ring is 1. The average Bonchev–Trinajstić information content (AvgIpc) is 2.88. The van der Waals surface area contributed by atoms with E-state index in [2.05, 4.69) is 0 Å². The van der Waals surface area contributed by atoms with Gasteiger partial charge in [-0.2, -0.15) is 26.3 Å². The zero-order valence-corrected chi connectivity index (χ0v) is 19.7. The van der Waals surface area contributed by atoms with E-state index in [0.29, 0.717) is 44.7 Å². The molecule has 0 spiro atoms. The van der Waals surface area contributed by atoms with E-state index >= 15 is 0 Å². The highest BCUT2D eigenvalue weighted by Gasteiger charge is 2.31. The van der Waals surface area contributed by atoms with Crippen LogP contribution in [0.5, 0.6) is 0 Å². The summed E-state index contributed by atoms with van der Waals surface area (Å²) in [4.78, 5) is 4.85. The van der Waals surface area contributed by atoms with Crippen molar-refractivity contribution in [2.75, 3.05) is 5.73 Å². The Morgan fingerprint density at radius 3 is 1.79 bits per heavy atom. The summed E-state index contributed by atoms with van der Waals surface area (Å²) in [5.41, 5.74) is 9.24. The Kier molecular flexibility index (Phi) is 6.34. The van der Waals surface area contributed by atoms with Gasteiger partial charge in [0, 0.05) is 22.2 Å². The number of pyridine rings is 1. The lowest BCUT2D eigenvalue weighted by Crippen LogP contribution is -2.06. The molecule has 38 heavy (non-hydrogen) atoms. The second-order valence-corrected chi connectivity index (χ2v) is 8.86. The molecule has 5 rings (SSSR count). The van der Waals surface area contributed by atoms with E-state index in [1.807, 2.05) is 24.3 Å². The maximum Gasteiger partial charge on any atom is 0.416 e. The monoisotopic (exact) mass is 522 g/mol. The standard InChI is InChI=1S/C30H20F6N2/c31-29(32,33)20-13-9-18(10-14-20)17-24-22-5-2-4-8-26(22)38-28(23-6-1-3-7-25(23)37)27(24)19-11-15-21(16-12-19)30(34,35)36/h1-16H,17,37H2. The molecule has 0 unspecified atom stereocenters. The first-order valence-electron chi connectivity index (χ1n) is 11.6. The maximum atomic E-state index is 13.3. The van der Waals surface area contributed by atoms with Gasteiger partial charge in [-0.1, -0.05) is 60.7 Å². The predicted molar refractivity (Wildman–Crippen MR) is 136 cm³/mol. The van der Waals surface area contributed by atoms with Gasteiger partial charge < -0.3 is 5.73 Å². The number of anilines is 1. The molecule has 0 saturated carbocycles. The molecule has 0 saturated heterocycles. The summed E-state index contributed by atoms with van der Waals surface area (Å²) in [5.74, 6) is 0. The largest absolute Gasteiger partial charge is 0.416 e. The summed E-state index contributed by atoms with van der Waals surface area (Å²) in [6, 6.07) is 23.9. The lowest BCUT2D eigenvalue weighted by Gasteiger charge is -2.20. The zero-order chi connectivity index (χ0) is 27.1. The number of hydrogen-bond donors (Lipinski definition) is 1. The van der Waals surface area contributed by atoms with Crippen LogP contribution in [0.1, 0.15) is 22.3 Å². The van der Waals surface area contributed by atoms with Crippen LogP contribution in [0.2, 0.25) is 0 Å². The van der Waals surface area contributed by atoms with Crippen molar-refractivity contribution in [2.24, 2.45) is 0 Å². The summed E-state index contributed by atoms with van der Waals surface area (Å²) in [7, 11) is 0. The van der Waals surface area contributed by atoms with E-state index in [9.17, 15) is 26.3 Å². The Morgan fingerprint density at radius 2 is 1.18 bits per heavy atom. The Labute approximate surface area is 214 Å². The van der Waals surface area contributed by atoms with E-state index in [1.54, 1.807) is 24.3 Å². The number of alkyl halides is 6. The van der Waals surface area contributed by atoms with Crippen LogP contribution < -0.4 is 5.73 Å². The minimum atomic E-state index is -4.50. The van der Waals surface area contributed by atoms with Gasteiger partial charge in [0.05, 0.1) is 22.3 Å². The summed E-state index contributed by atoms with van der Waals surface area (Å²) >= 11 is 0. The number of nitrogens with two attached hydrogens (primary N) is 1. The van der Waals surface area contributed by atoms with E-state index in [0.717, 1.165) is 29.7 Å². The summed E-state index contributed by atoms with van der Waals surface area (Å²) < 4.78 is 79.3. The van der Waals surface area contributed by atoms with Crippen molar-refractivity contribution in [1.82, 2.24) is 4.98 Å². The van der Waals surface area contributed by atoms with Gasteiger partial charge in [0.1, 0.15) is 0 Å². The molecule has 1 heterocycles. The fourth-order valence-electron chi connectivity index (χ4n) is 4.52. The number of para-hydroxylation sites is 2. The molecule has 0 fully saturated rings. The molecule has 1 aromatic heterocycles. The van der Waals surface area contributed by atoms with Gasteiger partial charge >= 0.3 is 12.4 Å². The fourth-order valence-corrected chi connectivity index (χ4v) is 4.52. The first-order chi connectivity index (χ1) is 18.0. The van der Waals surface area contributed by atoms with E-state index in [-0.39, 0.29) is 6.42 Å². The second kappa shape index (κ2) is 9.52. The Morgan fingerprint density at radius 1 is 0.632 bits per heavy atom. The van der Waals surface area contributed by atoms with Gasteiger partial charge in [0.15, 0.2) is 0 Å². The molecular formula is C30H20F6N2. The number of hydrogen-bond acceptors (Lipinski definition) is 2. The summed E-state index contributed by atoms with van der Waals surface area (Å²) in [5, 5.41) is 0.737. The molecule has 0 aliphatic heterocycles. The maximum absolute atomic E-state index is 13.3. The van der Waals surface area contributed by atoms with Crippen LogP contribution in [0.15, 0.2) is 97.1 Å². The highest BCUT2D eigenvalue weighted by Crippen LogP contribution is 2.41. The third kappa shape index (κ3) is 4.94. The molecule has 8 heteroatoms. The van der Waals surface area contributed by atoms with Crippen molar-refractivity contribution in [2.45, 2.75) is 18.8 Å². The molecular weight excluding hydrogens is 502 g/mol.